The standard InChI is InChI=1S/C25H27ClF2N5O8P/c1-13(2)39-22(36)14(3)32-42(37,41-15-7-5-4-6-8-15)38-12-17-19(34)25(28,9-10-26)23(40-17)33-11-16(27)18-20(33)30-24(29)31-21(18)35/h4-8,11,13-14,17,19,23,34H,12H2,1-3H3,(H,32,37)(H3,29,30,31,35)/t14?,17-,19?,23-,25-,42?/m1/s1. The van der Waals surface area contributed by atoms with Gasteiger partial charge < -0.3 is 24.8 Å². The van der Waals surface area contributed by atoms with Crippen molar-refractivity contribution in [2.24, 2.45) is 0 Å². The van der Waals surface area contributed by atoms with Crippen LogP contribution in [0, 0.1) is 17.1 Å². The highest BCUT2D eigenvalue weighted by molar-refractivity contribution is 7.52. The molecular formula is C25H27ClF2N5O8P. The number of nitrogens with one attached hydrogen (secondary N) is 2. The second kappa shape index (κ2) is 12.4. The van der Waals surface area contributed by atoms with Crippen molar-refractivity contribution < 1.29 is 41.8 Å². The lowest BCUT2D eigenvalue weighted by atomic mass is 9.97. The molecule has 0 aliphatic carbocycles. The minimum Gasteiger partial charge on any atom is -0.462 e. The molecule has 4 rings (SSSR count). The molecule has 1 aromatic carbocycles. The predicted octanol–water partition coefficient (Wildman–Crippen LogP) is 2.75. The first-order chi connectivity index (χ1) is 19.8. The molecule has 5 N–H and O–H groups in total. The highest BCUT2D eigenvalue weighted by atomic mass is 35.5. The Morgan fingerprint density at radius 1 is 1.38 bits per heavy atom. The van der Waals surface area contributed by atoms with Gasteiger partial charge in [-0.25, -0.2) is 13.3 Å². The van der Waals surface area contributed by atoms with Crippen LogP contribution in [0.15, 0.2) is 41.3 Å². The molecule has 6 atom stereocenters. The number of nitrogens with zero attached hydrogens (tertiary/aromatic N) is 2. The monoisotopic (exact) mass is 629 g/mol. The summed E-state index contributed by atoms with van der Waals surface area (Å²) in [6, 6.07) is 6.63. The number of para-hydroxylation sites is 1. The number of benzene rings is 1. The van der Waals surface area contributed by atoms with E-state index < -0.39 is 84.9 Å². The minimum atomic E-state index is -4.44. The molecule has 0 bridgehead atoms. The summed E-state index contributed by atoms with van der Waals surface area (Å²) >= 11 is 5.48. The number of aliphatic hydroxyl groups excluding tert-OH is 1. The number of esters is 1. The quantitative estimate of drug-likeness (QED) is 0.147. The molecule has 2 aromatic heterocycles. The third-order valence-corrected chi connectivity index (χ3v) is 7.76. The summed E-state index contributed by atoms with van der Waals surface area (Å²) in [5.41, 5.74) is 1.25. The number of nitrogen functional groups attached to an aromatic ring is 1. The number of aromatic nitrogens is 3. The van der Waals surface area contributed by atoms with Gasteiger partial charge in [0.2, 0.25) is 11.6 Å². The molecular weight excluding hydrogens is 603 g/mol. The lowest BCUT2D eigenvalue weighted by molar-refractivity contribution is -0.149. The second-order valence-electron chi connectivity index (χ2n) is 9.53. The van der Waals surface area contributed by atoms with E-state index in [0.717, 1.165) is 10.8 Å². The van der Waals surface area contributed by atoms with E-state index in [9.17, 15) is 23.7 Å². The third kappa shape index (κ3) is 6.44. The van der Waals surface area contributed by atoms with Gasteiger partial charge in [-0.3, -0.25) is 23.7 Å². The minimum absolute atomic E-state index is 0.0968. The highest BCUT2D eigenvalue weighted by Crippen LogP contribution is 2.48. The number of carbonyl (C=O) groups is 1. The van der Waals surface area contributed by atoms with Crippen molar-refractivity contribution in [2.45, 2.75) is 57.0 Å². The van der Waals surface area contributed by atoms with Crippen LogP contribution in [0.25, 0.3) is 11.0 Å². The van der Waals surface area contributed by atoms with Crippen molar-refractivity contribution >= 4 is 42.3 Å². The molecule has 0 spiro atoms. The number of rotatable bonds is 10. The molecule has 0 saturated carbocycles. The molecule has 1 aliphatic rings. The molecule has 13 nitrogen and oxygen atoms in total. The molecule has 226 valence electrons. The number of carbonyl (C=O) groups excluding carboxylic acids is 1. The Morgan fingerprint density at radius 3 is 2.71 bits per heavy atom. The average Bonchev–Trinajstić information content (AvgIpc) is 3.36. The van der Waals surface area contributed by atoms with Crippen LogP contribution in [0.4, 0.5) is 14.7 Å². The summed E-state index contributed by atoms with van der Waals surface area (Å²) in [4.78, 5) is 30.6. The predicted molar refractivity (Wildman–Crippen MR) is 147 cm³/mol. The van der Waals surface area contributed by atoms with Crippen LogP contribution in [-0.4, -0.2) is 62.2 Å². The van der Waals surface area contributed by atoms with Gasteiger partial charge in [0.15, 0.2) is 17.7 Å². The zero-order valence-corrected chi connectivity index (χ0v) is 24.1. The summed E-state index contributed by atoms with van der Waals surface area (Å²) in [6.45, 7) is 3.83. The molecule has 1 saturated heterocycles. The lowest BCUT2D eigenvalue weighted by Gasteiger charge is -2.25. The maximum absolute atomic E-state index is 16.3. The van der Waals surface area contributed by atoms with E-state index >= 15 is 4.39 Å². The van der Waals surface area contributed by atoms with Gasteiger partial charge in [-0.15, -0.1) is 0 Å². The largest absolute Gasteiger partial charge is 0.462 e. The maximum atomic E-state index is 16.3. The van der Waals surface area contributed by atoms with Crippen molar-refractivity contribution in [3.63, 3.8) is 0 Å². The number of aromatic amines is 1. The molecule has 3 heterocycles. The Labute approximate surface area is 242 Å². The van der Waals surface area contributed by atoms with Crippen molar-refractivity contribution in [1.29, 1.82) is 0 Å². The summed E-state index contributed by atoms with van der Waals surface area (Å²) in [5, 5.41) is 14.7. The molecule has 0 amide bonds. The van der Waals surface area contributed by atoms with E-state index in [1.54, 1.807) is 32.0 Å². The van der Waals surface area contributed by atoms with Crippen LogP contribution < -0.4 is 20.9 Å². The van der Waals surface area contributed by atoms with Crippen molar-refractivity contribution in [3.8, 4) is 17.0 Å². The van der Waals surface area contributed by atoms with E-state index in [1.165, 1.54) is 19.1 Å². The van der Waals surface area contributed by atoms with E-state index in [4.69, 9.17) is 35.9 Å². The Bertz CT molecular complexity index is 1630. The first kappa shape index (κ1) is 31.4. The van der Waals surface area contributed by atoms with Gasteiger partial charge in [0.1, 0.15) is 29.4 Å². The van der Waals surface area contributed by atoms with E-state index in [0.29, 0.717) is 0 Å². The SMILES string of the molecule is CC(C)OC(=O)C(C)NP(=O)(OC[C@H]1O[C@@H](n2cc(F)c3c(=O)[nH]c(N)nc32)[C@@](F)(C#CCl)C1O)Oc1ccccc1. The Hall–Kier alpha value is -3.51. The summed E-state index contributed by atoms with van der Waals surface area (Å²) < 4.78 is 67.4. The summed E-state index contributed by atoms with van der Waals surface area (Å²) in [7, 11) is -4.44. The van der Waals surface area contributed by atoms with Gasteiger partial charge in [-0.05, 0) is 50.4 Å². The number of hydrogen-bond acceptors (Lipinski definition) is 10. The van der Waals surface area contributed by atoms with Crippen LogP contribution in [0.5, 0.6) is 5.75 Å². The third-order valence-electron chi connectivity index (χ3n) is 6.03. The number of nitrogens with two attached hydrogens (primary N) is 1. The number of halogens is 3. The molecule has 1 aliphatic heterocycles. The fourth-order valence-electron chi connectivity index (χ4n) is 4.18. The number of anilines is 1. The maximum Gasteiger partial charge on any atom is 0.459 e. The molecule has 3 aromatic rings. The summed E-state index contributed by atoms with van der Waals surface area (Å²) in [5.74, 6) is -0.128. The average molecular weight is 630 g/mol. The molecule has 1 fully saturated rings. The van der Waals surface area contributed by atoms with Gasteiger partial charge >= 0.3 is 13.7 Å². The van der Waals surface area contributed by atoms with Crippen LogP contribution in [0.2, 0.25) is 0 Å². The number of alkyl halides is 1. The van der Waals surface area contributed by atoms with Crippen LogP contribution in [0.1, 0.15) is 27.0 Å². The van der Waals surface area contributed by atoms with Crippen molar-refractivity contribution in [1.82, 2.24) is 19.6 Å². The highest BCUT2D eigenvalue weighted by Gasteiger charge is 2.58. The molecule has 3 unspecified atom stereocenters. The van der Waals surface area contributed by atoms with Crippen molar-refractivity contribution in [3.05, 3.63) is 52.7 Å². The van der Waals surface area contributed by atoms with Gasteiger partial charge in [0.25, 0.3) is 5.56 Å². The Morgan fingerprint density at radius 2 is 2.07 bits per heavy atom. The normalized spacial score (nSPS) is 24.1. The zero-order valence-electron chi connectivity index (χ0n) is 22.4. The topological polar surface area (TPSA) is 180 Å². The Kier molecular flexibility index (Phi) is 9.27. The zero-order chi connectivity index (χ0) is 30.8. The van der Waals surface area contributed by atoms with Gasteiger partial charge in [-0.2, -0.15) is 10.1 Å². The van der Waals surface area contributed by atoms with Gasteiger partial charge in [0.05, 0.1) is 12.7 Å². The van der Waals surface area contributed by atoms with Crippen LogP contribution in [-0.2, 0) is 23.4 Å². The number of ether oxygens (including phenoxy) is 2. The number of aliphatic hydroxyl groups is 1. The van der Waals surface area contributed by atoms with Gasteiger partial charge in [-0.1, -0.05) is 18.2 Å². The van der Waals surface area contributed by atoms with E-state index in [1.807, 2.05) is 11.3 Å². The first-order valence-electron chi connectivity index (χ1n) is 12.5. The van der Waals surface area contributed by atoms with E-state index in [2.05, 4.69) is 15.1 Å². The Balaban J connectivity index is 1.64. The fraction of sp³-hybridized carbons (Fsp3) is 0.400. The molecule has 0 radical (unpaired) electrons. The second-order valence-corrected chi connectivity index (χ2v) is 11.4. The van der Waals surface area contributed by atoms with Crippen LogP contribution >= 0.6 is 19.3 Å². The first-order valence-corrected chi connectivity index (χ1v) is 14.4. The van der Waals surface area contributed by atoms with Crippen LogP contribution in [0.3, 0.4) is 0 Å². The molecule has 17 heteroatoms. The smallest absolute Gasteiger partial charge is 0.459 e. The van der Waals surface area contributed by atoms with Crippen molar-refractivity contribution in [2.75, 3.05) is 12.3 Å². The lowest BCUT2D eigenvalue weighted by Crippen LogP contribution is -2.42. The number of hydrogen-bond donors (Lipinski definition) is 4. The van der Waals surface area contributed by atoms with E-state index in [-0.39, 0.29) is 5.75 Å². The van der Waals surface area contributed by atoms with Gasteiger partial charge in [0, 0.05) is 11.6 Å². The fourth-order valence-corrected chi connectivity index (χ4v) is 5.82. The number of fused-ring (bicyclic) bond motifs is 1. The number of H-pyrrole nitrogens is 1. The molecule has 42 heavy (non-hydrogen) atoms. The summed E-state index contributed by atoms with van der Waals surface area (Å²) in [6.07, 6.45) is -5.38.